The summed E-state index contributed by atoms with van der Waals surface area (Å²) in [5, 5.41) is 0. The minimum absolute atomic E-state index is 0.297. The van der Waals surface area contributed by atoms with E-state index in [1.54, 1.807) is 0 Å². The molecule has 1 saturated heterocycles. The summed E-state index contributed by atoms with van der Waals surface area (Å²) < 4.78 is 45.1. The van der Waals surface area contributed by atoms with E-state index in [-0.39, 0.29) is 6.61 Å². The average molecular weight is 198 g/mol. The van der Waals surface area contributed by atoms with E-state index >= 15 is 0 Å². The first-order chi connectivity index (χ1) is 6.08. The van der Waals surface area contributed by atoms with Crippen LogP contribution in [0.5, 0.6) is 0 Å². The molecular formula is C8H13F3O2. The lowest BCUT2D eigenvalue weighted by atomic mass is 10.2. The van der Waals surface area contributed by atoms with Gasteiger partial charge < -0.3 is 9.47 Å². The molecule has 0 N–H and O–H groups in total. The standard InChI is InChI=1S/C8H13F3O2/c9-8(10,11)4-6-13-7-3-1-2-5-12-7/h7H,1-6H2. The molecule has 0 aromatic carbocycles. The summed E-state index contributed by atoms with van der Waals surface area (Å²) in [6.07, 6.45) is -2.80. The van der Waals surface area contributed by atoms with E-state index in [0.717, 1.165) is 12.8 Å². The van der Waals surface area contributed by atoms with Crippen LogP contribution < -0.4 is 0 Å². The zero-order valence-electron chi connectivity index (χ0n) is 7.27. The smallest absolute Gasteiger partial charge is 0.353 e. The SMILES string of the molecule is FC(F)(F)CCOC1CCCCO1. The lowest BCUT2D eigenvalue weighted by molar-refractivity contribution is -0.191. The molecule has 2 nitrogen and oxygen atoms in total. The lowest BCUT2D eigenvalue weighted by Gasteiger charge is -2.22. The molecule has 1 rings (SSSR count). The van der Waals surface area contributed by atoms with Gasteiger partial charge in [0.25, 0.3) is 0 Å². The Balaban J connectivity index is 2.04. The van der Waals surface area contributed by atoms with Crippen molar-refractivity contribution >= 4 is 0 Å². The fourth-order valence-corrected chi connectivity index (χ4v) is 1.15. The van der Waals surface area contributed by atoms with Crippen LogP contribution in [-0.4, -0.2) is 25.7 Å². The molecule has 0 radical (unpaired) electrons. The summed E-state index contributed by atoms with van der Waals surface area (Å²) in [5.74, 6) is 0. The summed E-state index contributed by atoms with van der Waals surface area (Å²) in [4.78, 5) is 0. The molecule has 0 aromatic heterocycles. The molecule has 0 spiro atoms. The number of alkyl halides is 3. The van der Waals surface area contributed by atoms with Crippen molar-refractivity contribution in [3.8, 4) is 0 Å². The van der Waals surface area contributed by atoms with Gasteiger partial charge in [0.1, 0.15) is 0 Å². The van der Waals surface area contributed by atoms with E-state index in [4.69, 9.17) is 9.47 Å². The van der Waals surface area contributed by atoms with Crippen LogP contribution >= 0.6 is 0 Å². The molecule has 5 heteroatoms. The number of rotatable bonds is 3. The summed E-state index contributed by atoms with van der Waals surface area (Å²) in [7, 11) is 0. The zero-order chi connectivity index (χ0) is 9.73. The van der Waals surface area contributed by atoms with E-state index in [1.165, 1.54) is 0 Å². The van der Waals surface area contributed by atoms with Gasteiger partial charge in [0.2, 0.25) is 0 Å². The first-order valence-electron chi connectivity index (χ1n) is 4.38. The Morgan fingerprint density at radius 1 is 1.31 bits per heavy atom. The minimum atomic E-state index is -4.13. The lowest BCUT2D eigenvalue weighted by Crippen LogP contribution is -2.24. The van der Waals surface area contributed by atoms with Gasteiger partial charge in [-0.2, -0.15) is 13.2 Å². The number of ether oxygens (including phenoxy) is 2. The highest BCUT2D eigenvalue weighted by atomic mass is 19.4. The Morgan fingerprint density at radius 2 is 2.08 bits per heavy atom. The Bertz CT molecular complexity index is 141. The molecule has 0 bridgehead atoms. The van der Waals surface area contributed by atoms with Crippen molar-refractivity contribution in [2.75, 3.05) is 13.2 Å². The van der Waals surface area contributed by atoms with Crippen LogP contribution in [0.1, 0.15) is 25.7 Å². The van der Waals surface area contributed by atoms with Crippen LogP contribution in [0.2, 0.25) is 0 Å². The summed E-state index contributed by atoms with van der Waals surface area (Å²) in [6, 6.07) is 0. The van der Waals surface area contributed by atoms with Crippen molar-refractivity contribution in [2.45, 2.75) is 38.1 Å². The predicted octanol–water partition coefficient (Wildman–Crippen LogP) is 2.48. The normalized spacial score (nSPS) is 24.7. The molecule has 1 aliphatic rings. The maximum Gasteiger partial charge on any atom is 0.391 e. The maximum absolute atomic E-state index is 11.7. The molecule has 1 aliphatic heterocycles. The Morgan fingerprint density at radius 3 is 2.62 bits per heavy atom. The van der Waals surface area contributed by atoms with Gasteiger partial charge in [-0.05, 0) is 19.3 Å². The van der Waals surface area contributed by atoms with Crippen LogP contribution in [-0.2, 0) is 9.47 Å². The van der Waals surface area contributed by atoms with Crippen LogP contribution in [0.4, 0.5) is 13.2 Å². The van der Waals surface area contributed by atoms with Crippen molar-refractivity contribution in [2.24, 2.45) is 0 Å². The van der Waals surface area contributed by atoms with Gasteiger partial charge >= 0.3 is 6.18 Å². The highest BCUT2D eigenvalue weighted by Gasteiger charge is 2.27. The first-order valence-corrected chi connectivity index (χ1v) is 4.38. The van der Waals surface area contributed by atoms with Crippen molar-refractivity contribution in [3.05, 3.63) is 0 Å². The third kappa shape index (κ3) is 5.10. The second-order valence-electron chi connectivity index (χ2n) is 3.03. The third-order valence-corrected chi connectivity index (χ3v) is 1.83. The maximum atomic E-state index is 11.7. The second-order valence-corrected chi connectivity index (χ2v) is 3.03. The van der Waals surface area contributed by atoms with Gasteiger partial charge in [-0.3, -0.25) is 0 Å². The van der Waals surface area contributed by atoms with Gasteiger partial charge in [-0.25, -0.2) is 0 Å². The van der Waals surface area contributed by atoms with Crippen molar-refractivity contribution in [1.82, 2.24) is 0 Å². The highest BCUT2D eigenvalue weighted by molar-refractivity contribution is 4.55. The van der Waals surface area contributed by atoms with E-state index in [1.807, 2.05) is 0 Å². The highest BCUT2D eigenvalue weighted by Crippen LogP contribution is 2.20. The van der Waals surface area contributed by atoms with Crippen molar-refractivity contribution in [1.29, 1.82) is 0 Å². The molecule has 0 saturated carbocycles. The Hall–Kier alpha value is -0.290. The number of hydrogen-bond donors (Lipinski definition) is 0. The number of hydrogen-bond acceptors (Lipinski definition) is 2. The van der Waals surface area contributed by atoms with Gasteiger partial charge in [0.05, 0.1) is 13.0 Å². The molecule has 0 aromatic rings. The number of halogens is 3. The summed E-state index contributed by atoms with van der Waals surface area (Å²) in [5.41, 5.74) is 0. The van der Waals surface area contributed by atoms with E-state index in [9.17, 15) is 13.2 Å². The Kier molecular flexibility index (Phi) is 3.99. The topological polar surface area (TPSA) is 18.5 Å². The largest absolute Gasteiger partial charge is 0.391 e. The van der Waals surface area contributed by atoms with E-state index in [2.05, 4.69) is 0 Å². The Labute approximate surface area is 75.0 Å². The monoisotopic (exact) mass is 198 g/mol. The van der Waals surface area contributed by atoms with Gasteiger partial charge in [0, 0.05) is 6.61 Å². The fourth-order valence-electron chi connectivity index (χ4n) is 1.15. The molecular weight excluding hydrogens is 185 g/mol. The summed E-state index contributed by atoms with van der Waals surface area (Å²) in [6.45, 7) is 0.296. The van der Waals surface area contributed by atoms with Crippen molar-refractivity contribution < 1.29 is 22.6 Å². The van der Waals surface area contributed by atoms with Crippen LogP contribution in [0.3, 0.4) is 0 Å². The average Bonchev–Trinajstić information content (AvgIpc) is 2.04. The van der Waals surface area contributed by atoms with Crippen LogP contribution in [0.25, 0.3) is 0 Å². The van der Waals surface area contributed by atoms with E-state index in [0.29, 0.717) is 13.0 Å². The van der Waals surface area contributed by atoms with Crippen LogP contribution in [0.15, 0.2) is 0 Å². The molecule has 0 amide bonds. The molecule has 78 valence electrons. The molecule has 1 atom stereocenters. The van der Waals surface area contributed by atoms with Gasteiger partial charge in [-0.1, -0.05) is 0 Å². The molecule has 0 aliphatic carbocycles. The predicted molar refractivity (Wildman–Crippen MR) is 40.2 cm³/mol. The van der Waals surface area contributed by atoms with Gasteiger partial charge in [-0.15, -0.1) is 0 Å². The van der Waals surface area contributed by atoms with Gasteiger partial charge in [0.15, 0.2) is 6.29 Å². The minimum Gasteiger partial charge on any atom is -0.353 e. The van der Waals surface area contributed by atoms with E-state index < -0.39 is 18.9 Å². The summed E-state index contributed by atoms with van der Waals surface area (Å²) >= 11 is 0. The third-order valence-electron chi connectivity index (χ3n) is 1.83. The molecule has 13 heavy (non-hydrogen) atoms. The fraction of sp³-hybridized carbons (Fsp3) is 1.00. The molecule has 1 fully saturated rings. The van der Waals surface area contributed by atoms with Crippen molar-refractivity contribution in [3.63, 3.8) is 0 Å². The first kappa shape index (κ1) is 10.8. The molecule has 1 unspecified atom stereocenters. The second kappa shape index (κ2) is 4.81. The quantitative estimate of drug-likeness (QED) is 0.693. The molecule has 1 heterocycles. The van der Waals surface area contributed by atoms with Crippen LogP contribution in [0, 0.1) is 0 Å². The zero-order valence-corrected chi connectivity index (χ0v) is 7.27.